The molecule has 0 aliphatic heterocycles. The van der Waals surface area contributed by atoms with E-state index in [9.17, 15) is 4.57 Å². The molecule has 0 N–H and O–H groups in total. The molecule has 0 aliphatic rings. The molecule has 2 nitrogen and oxygen atoms in total. The lowest BCUT2D eigenvalue weighted by molar-refractivity contribution is 0.165. The number of hydrogen-bond acceptors (Lipinski definition) is 2. The lowest BCUT2D eigenvalue weighted by atomic mass is 10.5. The van der Waals surface area contributed by atoms with E-state index in [-0.39, 0.29) is 14.3 Å². The monoisotopic (exact) mass is 120 g/mol. The van der Waals surface area contributed by atoms with Crippen LogP contribution in [0.3, 0.4) is 0 Å². The summed E-state index contributed by atoms with van der Waals surface area (Å²) in [4.78, 5) is 0. The summed E-state index contributed by atoms with van der Waals surface area (Å²) < 4.78 is 14.7. The van der Waals surface area contributed by atoms with Crippen LogP contribution in [-0.2, 0) is 9.30 Å². The van der Waals surface area contributed by atoms with Gasteiger partial charge in [0.15, 0.2) is 8.46 Å². The van der Waals surface area contributed by atoms with Crippen LogP contribution in [0, 0.1) is 0 Å². The van der Waals surface area contributed by atoms with Crippen molar-refractivity contribution in [2.75, 3.05) is 7.11 Å². The number of ether oxygens (including phenoxy) is 1. The Labute approximate surface area is 45.1 Å². The van der Waals surface area contributed by atoms with E-state index in [1.807, 2.05) is 6.92 Å². The summed E-state index contributed by atoms with van der Waals surface area (Å²) in [6.45, 7) is 1.93. The molecule has 0 amide bonds. The van der Waals surface area contributed by atoms with Crippen LogP contribution in [0.15, 0.2) is 0 Å². The van der Waals surface area contributed by atoms with Gasteiger partial charge in [-0.1, -0.05) is 6.92 Å². The van der Waals surface area contributed by atoms with Crippen molar-refractivity contribution in [3.63, 3.8) is 0 Å². The van der Waals surface area contributed by atoms with Gasteiger partial charge in [-0.3, -0.25) is 4.57 Å². The van der Waals surface area contributed by atoms with Crippen molar-refractivity contribution in [2.24, 2.45) is 0 Å². The number of rotatable bonds is 3. The molecule has 0 aliphatic carbocycles. The van der Waals surface area contributed by atoms with Gasteiger partial charge in [0.2, 0.25) is 0 Å². The molecule has 0 saturated carbocycles. The first-order valence-electron chi connectivity index (χ1n) is 2.20. The third kappa shape index (κ3) is 2.72. The molecule has 0 spiro atoms. The average Bonchev–Trinajstić information content (AvgIpc) is 1.72. The maximum absolute atomic E-state index is 9.94. The molecule has 0 bridgehead atoms. The van der Waals surface area contributed by atoms with Gasteiger partial charge >= 0.3 is 0 Å². The Kier molecular flexibility index (Phi) is 4.26. The first-order valence-corrected chi connectivity index (χ1v) is 3.08. The molecule has 42 valence electrons. The van der Waals surface area contributed by atoms with Crippen LogP contribution in [0.5, 0.6) is 0 Å². The molecule has 0 rings (SSSR count). The zero-order chi connectivity index (χ0) is 5.70. The maximum atomic E-state index is 9.94. The molecule has 1 unspecified atom stereocenters. The number of methoxy groups -OCH3 is 1. The highest BCUT2D eigenvalue weighted by atomic mass is 31.1. The van der Waals surface area contributed by atoms with E-state index in [1.54, 1.807) is 7.11 Å². The van der Waals surface area contributed by atoms with Crippen molar-refractivity contribution in [2.45, 2.75) is 19.2 Å². The highest BCUT2D eigenvalue weighted by Crippen LogP contribution is 2.09. The fourth-order valence-electron chi connectivity index (χ4n) is 0.284. The molecule has 0 radical (unpaired) electrons. The third-order valence-corrected chi connectivity index (χ3v) is 1.55. The quantitative estimate of drug-likeness (QED) is 0.529. The van der Waals surface area contributed by atoms with Crippen molar-refractivity contribution in [1.82, 2.24) is 0 Å². The van der Waals surface area contributed by atoms with E-state index in [1.165, 1.54) is 0 Å². The molecule has 0 aromatic rings. The Hall–Kier alpha value is 0.0600. The normalized spacial score (nSPS) is 14.6. The standard InChI is InChI=1S/C4H9O2P/c1-3-4(6-2)7-5/h4H,3H2,1-2H3. The number of hydrogen-bond donors (Lipinski definition) is 0. The van der Waals surface area contributed by atoms with Crippen molar-refractivity contribution in [3.8, 4) is 0 Å². The Balaban J connectivity index is 3.16. The van der Waals surface area contributed by atoms with Crippen LogP contribution in [0.1, 0.15) is 13.3 Å². The Morgan fingerprint density at radius 1 is 1.86 bits per heavy atom. The van der Waals surface area contributed by atoms with Crippen molar-refractivity contribution in [1.29, 1.82) is 0 Å². The minimum atomic E-state index is -0.0972. The zero-order valence-electron chi connectivity index (χ0n) is 4.55. The minimum absolute atomic E-state index is 0.0872. The van der Waals surface area contributed by atoms with Gasteiger partial charge in [-0.25, -0.2) is 0 Å². The molecule has 1 atom stereocenters. The highest BCUT2D eigenvalue weighted by Gasteiger charge is 1.98. The summed E-state index contributed by atoms with van der Waals surface area (Å²) in [7, 11) is 1.64. The van der Waals surface area contributed by atoms with Crippen molar-refractivity contribution < 1.29 is 9.30 Å². The van der Waals surface area contributed by atoms with E-state index in [0.717, 1.165) is 6.42 Å². The Morgan fingerprint density at radius 3 is 2.43 bits per heavy atom. The average molecular weight is 120 g/mol. The van der Waals surface area contributed by atoms with Crippen molar-refractivity contribution >= 4 is 8.46 Å². The predicted octanol–water partition coefficient (Wildman–Crippen LogP) is 1.66. The lowest BCUT2D eigenvalue weighted by Gasteiger charge is -1.98. The third-order valence-electron chi connectivity index (χ3n) is 0.739. The topological polar surface area (TPSA) is 26.3 Å². The van der Waals surface area contributed by atoms with Gasteiger partial charge in [-0.15, -0.1) is 0 Å². The summed E-state index contributed by atoms with van der Waals surface area (Å²) in [5, 5.41) is 0. The van der Waals surface area contributed by atoms with Gasteiger partial charge in [-0.2, -0.15) is 0 Å². The molecule has 0 fully saturated rings. The predicted molar refractivity (Wildman–Crippen MR) is 28.7 cm³/mol. The smallest absolute Gasteiger partial charge is 0.187 e. The van der Waals surface area contributed by atoms with E-state index >= 15 is 0 Å². The van der Waals surface area contributed by atoms with Gasteiger partial charge < -0.3 is 4.74 Å². The van der Waals surface area contributed by atoms with Crippen LogP contribution in [-0.4, -0.2) is 13.0 Å². The molecule has 3 heteroatoms. The minimum Gasteiger partial charge on any atom is -0.369 e. The van der Waals surface area contributed by atoms with Gasteiger partial charge in [0, 0.05) is 7.11 Å². The van der Waals surface area contributed by atoms with E-state index in [4.69, 9.17) is 4.74 Å². The second-order valence-electron chi connectivity index (χ2n) is 1.20. The Morgan fingerprint density at radius 2 is 2.43 bits per heavy atom. The first kappa shape index (κ1) is 7.06. The molecule has 0 aromatic carbocycles. The summed E-state index contributed by atoms with van der Waals surface area (Å²) >= 11 is 0. The van der Waals surface area contributed by atoms with Gasteiger partial charge in [0.05, 0.1) is 0 Å². The summed E-state index contributed by atoms with van der Waals surface area (Å²) in [5.74, 6) is -0.0972. The van der Waals surface area contributed by atoms with Crippen LogP contribution >= 0.6 is 8.46 Å². The lowest BCUT2D eigenvalue weighted by Crippen LogP contribution is -1.96. The van der Waals surface area contributed by atoms with Crippen LogP contribution < -0.4 is 0 Å². The van der Waals surface area contributed by atoms with Crippen LogP contribution in [0.2, 0.25) is 0 Å². The molecular weight excluding hydrogens is 111 g/mol. The molecule has 0 aromatic heterocycles. The van der Waals surface area contributed by atoms with Crippen LogP contribution in [0.4, 0.5) is 0 Å². The fraction of sp³-hybridized carbons (Fsp3) is 1.00. The summed E-state index contributed by atoms with van der Waals surface area (Å²) in [5.41, 5.74) is 0. The molecule has 0 saturated heterocycles. The molecular formula is C4H9O2P. The zero-order valence-corrected chi connectivity index (χ0v) is 5.44. The summed E-state index contributed by atoms with van der Waals surface area (Å²) in [6, 6.07) is 0. The van der Waals surface area contributed by atoms with E-state index in [0.29, 0.717) is 0 Å². The van der Waals surface area contributed by atoms with Gasteiger partial charge in [0.1, 0.15) is 5.85 Å². The summed E-state index contributed by atoms with van der Waals surface area (Å²) in [6.07, 6.45) is 0.807. The van der Waals surface area contributed by atoms with Crippen LogP contribution in [0.25, 0.3) is 0 Å². The second-order valence-corrected chi connectivity index (χ2v) is 1.99. The first-order chi connectivity index (χ1) is 3.35. The van der Waals surface area contributed by atoms with E-state index in [2.05, 4.69) is 0 Å². The molecule has 0 heterocycles. The van der Waals surface area contributed by atoms with Gasteiger partial charge in [0.25, 0.3) is 0 Å². The SMILES string of the molecule is CCC(OC)P=O. The Bertz CT molecular complexity index is 51.7. The second kappa shape index (κ2) is 4.23. The van der Waals surface area contributed by atoms with Gasteiger partial charge in [-0.05, 0) is 6.42 Å². The van der Waals surface area contributed by atoms with Crippen molar-refractivity contribution in [3.05, 3.63) is 0 Å². The fourth-order valence-corrected chi connectivity index (χ4v) is 0.519. The largest absolute Gasteiger partial charge is 0.369 e. The maximum Gasteiger partial charge on any atom is 0.187 e. The van der Waals surface area contributed by atoms with E-state index < -0.39 is 0 Å². The molecule has 7 heavy (non-hydrogen) atoms. The highest BCUT2D eigenvalue weighted by molar-refractivity contribution is 7.24.